The highest BCUT2D eigenvalue weighted by molar-refractivity contribution is 5.89. The third-order valence-corrected chi connectivity index (χ3v) is 4.37. The fraction of sp³-hybridized carbons (Fsp3) is 0.316. The van der Waals surface area contributed by atoms with Crippen LogP contribution in [0, 0.1) is 18.3 Å². The lowest BCUT2D eigenvalue weighted by Crippen LogP contribution is -2.46. The molecule has 3 rings (SSSR count). The average Bonchev–Trinajstić information content (AvgIpc) is 2.63. The Hall–Kier alpha value is -3.07. The van der Waals surface area contributed by atoms with Crippen molar-refractivity contribution in [3.8, 4) is 6.07 Å². The highest BCUT2D eigenvalue weighted by atomic mass is 16.2. The number of nitrogens with zero attached hydrogens (tertiary/aromatic N) is 3. The van der Waals surface area contributed by atoms with E-state index in [0.717, 1.165) is 43.0 Å². The molecule has 0 spiro atoms. The van der Waals surface area contributed by atoms with Gasteiger partial charge in [0, 0.05) is 24.8 Å². The summed E-state index contributed by atoms with van der Waals surface area (Å²) in [6.45, 7) is 3.49. The number of para-hydroxylation sites is 1. The minimum Gasteiger partial charge on any atom is -0.356 e. The Kier molecular flexibility index (Phi) is 5.14. The van der Waals surface area contributed by atoms with Crippen molar-refractivity contribution in [3.05, 3.63) is 53.7 Å². The molecule has 0 saturated carbocycles. The van der Waals surface area contributed by atoms with E-state index < -0.39 is 0 Å². The van der Waals surface area contributed by atoms with Gasteiger partial charge in [-0.2, -0.15) is 5.26 Å². The number of piperidine rings is 1. The second-order valence-electron chi connectivity index (χ2n) is 6.17. The molecule has 0 unspecified atom stereocenters. The minimum atomic E-state index is -0.176. The first-order valence-corrected chi connectivity index (χ1v) is 8.41. The fourth-order valence-electron chi connectivity index (χ4n) is 2.93. The Bertz CT molecular complexity index is 776. The van der Waals surface area contributed by atoms with Crippen molar-refractivity contribution in [2.75, 3.05) is 23.3 Å². The van der Waals surface area contributed by atoms with Crippen LogP contribution >= 0.6 is 0 Å². The Morgan fingerprint density at radius 2 is 1.92 bits per heavy atom. The van der Waals surface area contributed by atoms with Crippen molar-refractivity contribution in [1.29, 1.82) is 5.26 Å². The van der Waals surface area contributed by atoms with Crippen molar-refractivity contribution in [2.24, 2.45) is 0 Å². The quantitative estimate of drug-likeness (QED) is 0.903. The monoisotopic (exact) mass is 335 g/mol. The number of benzene rings is 1. The van der Waals surface area contributed by atoms with Gasteiger partial charge in [-0.1, -0.05) is 24.3 Å². The molecule has 0 bridgehead atoms. The number of amides is 2. The number of hydrogen-bond acceptors (Lipinski definition) is 4. The van der Waals surface area contributed by atoms with Gasteiger partial charge in [0.25, 0.3) is 0 Å². The van der Waals surface area contributed by atoms with E-state index in [2.05, 4.69) is 26.6 Å². The predicted molar refractivity (Wildman–Crippen MR) is 97.5 cm³/mol. The minimum absolute atomic E-state index is 0.140. The Labute approximate surface area is 147 Å². The molecule has 1 aliphatic heterocycles. The van der Waals surface area contributed by atoms with Crippen LogP contribution in [0.4, 0.5) is 16.3 Å². The van der Waals surface area contributed by atoms with E-state index >= 15 is 0 Å². The number of nitrogens with one attached hydrogen (secondary N) is 2. The molecule has 0 atom stereocenters. The van der Waals surface area contributed by atoms with Crippen molar-refractivity contribution >= 4 is 17.5 Å². The highest BCUT2D eigenvalue weighted by Gasteiger charge is 2.22. The largest absolute Gasteiger partial charge is 0.356 e. The maximum absolute atomic E-state index is 12.1. The van der Waals surface area contributed by atoms with E-state index in [4.69, 9.17) is 5.26 Å². The number of aryl methyl sites for hydroxylation is 1. The molecule has 0 aliphatic carbocycles. The summed E-state index contributed by atoms with van der Waals surface area (Å²) in [5, 5.41) is 15.0. The zero-order valence-corrected chi connectivity index (χ0v) is 14.2. The van der Waals surface area contributed by atoms with Gasteiger partial charge >= 0.3 is 6.03 Å². The van der Waals surface area contributed by atoms with Crippen LogP contribution in [0.1, 0.15) is 24.1 Å². The molecule has 6 nitrogen and oxygen atoms in total. The van der Waals surface area contributed by atoms with E-state index in [-0.39, 0.29) is 12.1 Å². The van der Waals surface area contributed by atoms with E-state index in [0.29, 0.717) is 5.69 Å². The molecule has 128 valence electrons. The second kappa shape index (κ2) is 7.67. The Morgan fingerprint density at radius 3 is 2.60 bits per heavy atom. The van der Waals surface area contributed by atoms with Crippen LogP contribution in [0.5, 0.6) is 0 Å². The molecule has 2 amide bonds. The van der Waals surface area contributed by atoms with Crippen LogP contribution in [0.15, 0.2) is 42.5 Å². The SMILES string of the molecule is Cc1ccc(N2CCC(NC(=O)Nc3ccccc3)CC2)nc1C#N. The number of hydrogen-bond donors (Lipinski definition) is 2. The predicted octanol–water partition coefficient (Wildman–Crippen LogP) is 3.05. The summed E-state index contributed by atoms with van der Waals surface area (Å²) in [4.78, 5) is 18.7. The Balaban J connectivity index is 1.52. The van der Waals surface area contributed by atoms with E-state index in [1.54, 1.807) is 0 Å². The van der Waals surface area contributed by atoms with Crippen LogP contribution in [0.2, 0.25) is 0 Å². The molecular weight excluding hydrogens is 314 g/mol. The molecule has 2 aromatic rings. The van der Waals surface area contributed by atoms with Gasteiger partial charge in [-0.3, -0.25) is 0 Å². The summed E-state index contributed by atoms with van der Waals surface area (Å²) in [6.07, 6.45) is 1.69. The zero-order valence-electron chi connectivity index (χ0n) is 14.2. The van der Waals surface area contributed by atoms with Gasteiger partial charge in [0.15, 0.2) is 0 Å². The van der Waals surface area contributed by atoms with Crippen molar-refractivity contribution in [2.45, 2.75) is 25.8 Å². The van der Waals surface area contributed by atoms with Gasteiger partial charge < -0.3 is 15.5 Å². The van der Waals surface area contributed by atoms with Crippen molar-refractivity contribution in [3.63, 3.8) is 0 Å². The number of aromatic nitrogens is 1. The number of pyridine rings is 1. The molecule has 6 heteroatoms. The van der Waals surface area contributed by atoms with Gasteiger partial charge in [0.2, 0.25) is 0 Å². The topological polar surface area (TPSA) is 81.1 Å². The zero-order chi connectivity index (χ0) is 17.6. The van der Waals surface area contributed by atoms with Crippen LogP contribution in [-0.4, -0.2) is 30.1 Å². The maximum atomic E-state index is 12.1. The van der Waals surface area contributed by atoms with Crippen LogP contribution < -0.4 is 15.5 Å². The summed E-state index contributed by atoms with van der Waals surface area (Å²) < 4.78 is 0. The maximum Gasteiger partial charge on any atom is 0.319 e. The smallest absolute Gasteiger partial charge is 0.319 e. The number of carbonyl (C=O) groups is 1. The van der Waals surface area contributed by atoms with Gasteiger partial charge in [-0.25, -0.2) is 9.78 Å². The fourth-order valence-corrected chi connectivity index (χ4v) is 2.93. The van der Waals surface area contributed by atoms with Crippen molar-refractivity contribution in [1.82, 2.24) is 10.3 Å². The number of urea groups is 1. The van der Waals surface area contributed by atoms with Crippen LogP contribution in [0.3, 0.4) is 0 Å². The molecule has 2 heterocycles. The van der Waals surface area contributed by atoms with E-state index in [1.165, 1.54) is 0 Å². The number of carbonyl (C=O) groups excluding carboxylic acids is 1. The van der Waals surface area contributed by atoms with E-state index in [1.807, 2.05) is 49.4 Å². The lowest BCUT2D eigenvalue weighted by Gasteiger charge is -2.33. The summed E-state index contributed by atoms with van der Waals surface area (Å²) in [6, 6.07) is 15.4. The molecule has 2 N–H and O–H groups in total. The number of rotatable bonds is 3. The standard InChI is InChI=1S/C19H21N5O/c1-14-7-8-18(23-17(14)13-20)24-11-9-16(10-12-24)22-19(25)21-15-5-3-2-4-6-15/h2-8,16H,9-12H2,1H3,(H2,21,22,25). The number of anilines is 2. The van der Waals surface area contributed by atoms with Gasteiger partial charge in [0.05, 0.1) is 0 Å². The van der Waals surface area contributed by atoms with Gasteiger partial charge in [0.1, 0.15) is 17.6 Å². The first-order chi connectivity index (χ1) is 12.2. The lowest BCUT2D eigenvalue weighted by atomic mass is 10.1. The second-order valence-corrected chi connectivity index (χ2v) is 6.17. The highest BCUT2D eigenvalue weighted by Crippen LogP contribution is 2.19. The first kappa shape index (κ1) is 16.8. The van der Waals surface area contributed by atoms with Crippen LogP contribution in [-0.2, 0) is 0 Å². The van der Waals surface area contributed by atoms with E-state index in [9.17, 15) is 4.79 Å². The molecule has 1 aromatic heterocycles. The molecule has 0 radical (unpaired) electrons. The number of nitriles is 1. The summed E-state index contributed by atoms with van der Waals surface area (Å²) >= 11 is 0. The van der Waals surface area contributed by atoms with Crippen molar-refractivity contribution < 1.29 is 4.79 Å². The molecule has 1 saturated heterocycles. The summed E-state index contributed by atoms with van der Waals surface area (Å²) in [5.41, 5.74) is 2.14. The van der Waals surface area contributed by atoms with Gasteiger partial charge in [-0.05, 0) is 43.5 Å². The average molecular weight is 335 g/mol. The molecular formula is C19H21N5O. The normalized spacial score (nSPS) is 14.6. The third kappa shape index (κ3) is 4.27. The molecule has 1 aliphatic rings. The summed E-state index contributed by atoms with van der Waals surface area (Å²) in [7, 11) is 0. The van der Waals surface area contributed by atoms with Crippen LogP contribution in [0.25, 0.3) is 0 Å². The summed E-state index contributed by atoms with van der Waals surface area (Å²) in [5.74, 6) is 0.828. The molecule has 1 fully saturated rings. The van der Waals surface area contributed by atoms with Gasteiger partial charge in [-0.15, -0.1) is 0 Å². The lowest BCUT2D eigenvalue weighted by molar-refractivity contribution is 0.246. The Morgan fingerprint density at radius 1 is 1.20 bits per heavy atom. The third-order valence-electron chi connectivity index (χ3n) is 4.37. The molecule has 25 heavy (non-hydrogen) atoms. The molecule has 1 aromatic carbocycles. The first-order valence-electron chi connectivity index (χ1n) is 8.41.